The molecule has 0 bridgehead atoms. The van der Waals surface area contributed by atoms with Gasteiger partial charge in [-0.3, -0.25) is 4.79 Å². The number of nitrogens with zero attached hydrogens (tertiary/aromatic N) is 1. The standard InChI is InChI=1S/C15H27NO3/c1-4-6-9-12(5-2)14(17)16-11-8-7-10-13(16)15(18)19-3/h12-13H,4-11H2,1-3H3/t12?,13-/m1/s1. The van der Waals surface area contributed by atoms with E-state index >= 15 is 0 Å². The van der Waals surface area contributed by atoms with Gasteiger partial charge in [0.15, 0.2) is 0 Å². The van der Waals surface area contributed by atoms with Gasteiger partial charge in [0.25, 0.3) is 0 Å². The molecular weight excluding hydrogens is 242 g/mol. The van der Waals surface area contributed by atoms with E-state index in [4.69, 9.17) is 4.74 Å². The van der Waals surface area contributed by atoms with Gasteiger partial charge in [-0.05, 0) is 32.1 Å². The molecule has 0 spiro atoms. The summed E-state index contributed by atoms with van der Waals surface area (Å²) in [5.41, 5.74) is 0. The van der Waals surface area contributed by atoms with E-state index in [1.807, 2.05) is 0 Å². The van der Waals surface area contributed by atoms with Crippen molar-refractivity contribution >= 4 is 11.9 Å². The summed E-state index contributed by atoms with van der Waals surface area (Å²) in [6.45, 7) is 4.88. The molecule has 0 N–H and O–H groups in total. The van der Waals surface area contributed by atoms with Crippen LogP contribution in [0, 0.1) is 5.92 Å². The first kappa shape index (κ1) is 16.0. The summed E-state index contributed by atoms with van der Waals surface area (Å²) >= 11 is 0. The average Bonchev–Trinajstić information content (AvgIpc) is 2.47. The van der Waals surface area contributed by atoms with Crippen molar-refractivity contribution in [1.82, 2.24) is 4.90 Å². The molecule has 110 valence electrons. The zero-order valence-electron chi connectivity index (χ0n) is 12.5. The van der Waals surface area contributed by atoms with Crippen LogP contribution >= 0.6 is 0 Å². The molecule has 1 unspecified atom stereocenters. The highest BCUT2D eigenvalue weighted by Gasteiger charge is 2.35. The van der Waals surface area contributed by atoms with Crippen LogP contribution in [0.3, 0.4) is 0 Å². The molecule has 2 atom stereocenters. The quantitative estimate of drug-likeness (QED) is 0.697. The number of hydrogen-bond donors (Lipinski definition) is 0. The highest BCUT2D eigenvalue weighted by atomic mass is 16.5. The fraction of sp³-hybridized carbons (Fsp3) is 0.867. The average molecular weight is 269 g/mol. The van der Waals surface area contributed by atoms with Gasteiger partial charge in [0.1, 0.15) is 6.04 Å². The minimum absolute atomic E-state index is 0.0604. The molecule has 1 rings (SSSR count). The van der Waals surface area contributed by atoms with E-state index in [0.29, 0.717) is 6.54 Å². The Hall–Kier alpha value is -1.06. The Bertz CT molecular complexity index is 304. The van der Waals surface area contributed by atoms with Crippen LogP contribution in [0.5, 0.6) is 0 Å². The number of esters is 1. The Kier molecular flexibility index (Phi) is 6.89. The maximum Gasteiger partial charge on any atom is 0.328 e. The van der Waals surface area contributed by atoms with Crippen LogP contribution in [-0.4, -0.2) is 36.5 Å². The highest BCUT2D eigenvalue weighted by molar-refractivity contribution is 5.86. The van der Waals surface area contributed by atoms with Gasteiger partial charge in [0, 0.05) is 12.5 Å². The van der Waals surface area contributed by atoms with E-state index in [-0.39, 0.29) is 23.8 Å². The van der Waals surface area contributed by atoms with Crippen LogP contribution in [0.2, 0.25) is 0 Å². The maximum absolute atomic E-state index is 12.6. The first-order valence-electron chi connectivity index (χ1n) is 7.53. The van der Waals surface area contributed by atoms with Gasteiger partial charge in [-0.1, -0.05) is 26.7 Å². The Morgan fingerprint density at radius 1 is 1.32 bits per heavy atom. The van der Waals surface area contributed by atoms with Crippen molar-refractivity contribution in [3.05, 3.63) is 0 Å². The largest absolute Gasteiger partial charge is 0.467 e. The molecule has 0 aromatic heterocycles. The van der Waals surface area contributed by atoms with Crippen LogP contribution in [0.1, 0.15) is 58.8 Å². The molecule has 0 aliphatic carbocycles. The van der Waals surface area contributed by atoms with Gasteiger partial charge in [-0.15, -0.1) is 0 Å². The van der Waals surface area contributed by atoms with Gasteiger partial charge in [0.05, 0.1) is 7.11 Å². The van der Waals surface area contributed by atoms with Crippen molar-refractivity contribution in [3.63, 3.8) is 0 Å². The lowest BCUT2D eigenvalue weighted by atomic mass is 9.94. The number of ether oxygens (including phenoxy) is 1. The lowest BCUT2D eigenvalue weighted by Crippen LogP contribution is -2.50. The SMILES string of the molecule is CCCCC(CC)C(=O)N1CCCC[C@@H]1C(=O)OC. The first-order valence-corrected chi connectivity index (χ1v) is 7.53. The van der Waals surface area contributed by atoms with E-state index in [1.54, 1.807) is 4.90 Å². The molecule has 1 aliphatic heterocycles. The highest BCUT2D eigenvalue weighted by Crippen LogP contribution is 2.23. The van der Waals surface area contributed by atoms with Gasteiger partial charge in [-0.25, -0.2) is 4.79 Å². The van der Waals surface area contributed by atoms with Crippen LogP contribution < -0.4 is 0 Å². The van der Waals surface area contributed by atoms with E-state index in [0.717, 1.165) is 44.9 Å². The minimum atomic E-state index is -0.359. The minimum Gasteiger partial charge on any atom is -0.467 e. The lowest BCUT2D eigenvalue weighted by Gasteiger charge is -2.36. The Labute approximate surface area is 116 Å². The number of rotatable bonds is 6. The normalized spacial score (nSPS) is 21.0. The van der Waals surface area contributed by atoms with Gasteiger partial charge in [0.2, 0.25) is 5.91 Å². The van der Waals surface area contributed by atoms with Crippen LogP contribution in [0.4, 0.5) is 0 Å². The van der Waals surface area contributed by atoms with Crippen LogP contribution in [0.15, 0.2) is 0 Å². The van der Waals surface area contributed by atoms with E-state index < -0.39 is 0 Å². The Morgan fingerprint density at radius 2 is 2.05 bits per heavy atom. The Morgan fingerprint density at radius 3 is 2.63 bits per heavy atom. The predicted octanol–water partition coefficient (Wildman–Crippen LogP) is 2.76. The zero-order valence-corrected chi connectivity index (χ0v) is 12.5. The molecule has 0 aromatic carbocycles. The molecule has 1 aliphatic rings. The molecular formula is C15H27NO3. The number of piperidine rings is 1. The molecule has 4 nitrogen and oxygen atoms in total. The van der Waals surface area contributed by atoms with Crippen LogP contribution in [-0.2, 0) is 14.3 Å². The van der Waals surface area contributed by atoms with Crippen molar-refractivity contribution < 1.29 is 14.3 Å². The van der Waals surface area contributed by atoms with Crippen molar-refractivity contribution in [2.24, 2.45) is 5.92 Å². The first-order chi connectivity index (χ1) is 9.15. The number of methoxy groups -OCH3 is 1. The predicted molar refractivity (Wildman–Crippen MR) is 74.7 cm³/mol. The number of carbonyl (C=O) groups excluding carboxylic acids is 2. The van der Waals surface area contributed by atoms with Crippen LogP contribution in [0.25, 0.3) is 0 Å². The second kappa shape index (κ2) is 8.18. The van der Waals surface area contributed by atoms with Gasteiger partial charge in [-0.2, -0.15) is 0 Å². The summed E-state index contributed by atoms with van der Waals surface area (Å²) in [7, 11) is 1.40. The maximum atomic E-state index is 12.6. The van der Waals surface area contributed by atoms with Crippen molar-refractivity contribution in [2.45, 2.75) is 64.8 Å². The second-order valence-corrected chi connectivity index (χ2v) is 5.31. The molecule has 0 saturated carbocycles. The van der Waals surface area contributed by atoms with Gasteiger partial charge >= 0.3 is 5.97 Å². The summed E-state index contributed by atoms with van der Waals surface area (Å²) in [4.78, 5) is 26.1. The van der Waals surface area contributed by atoms with Crippen molar-refractivity contribution in [2.75, 3.05) is 13.7 Å². The molecule has 0 aromatic rings. The third kappa shape index (κ3) is 4.22. The third-order valence-electron chi connectivity index (χ3n) is 4.01. The number of unbranched alkanes of at least 4 members (excludes halogenated alkanes) is 1. The smallest absolute Gasteiger partial charge is 0.328 e. The number of amides is 1. The lowest BCUT2D eigenvalue weighted by molar-refractivity contribution is -0.156. The molecule has 4 heteroatoms. The molecule has 0 radical (unpaired) electrons. The number of hydrogen-bond acceptors (Lipinski definition) is 3. The summed E-state index contributed by atoms with van der Waals surface area (Å²) in [6.07, 6.45) is 6.67. The molecule has 19 heavy (non-hydrogen) atoms. The summed E-state index contributed by atoms with van der Waals surface area (Å²) < 4.78 is 4.83. The monoisotopic (exact) mass is 269 g/mol. The number of carbonyl (C=O) groups is 2. The van der Waals surface area contributed by atoms with Crippen molar-refractivity contribution in [1.29, 1.82) is 0 Å². The summed E-state index contributed by atoms with van der Waals surface area (Å²) in [5.74, 6) is -0.0605. The molecule has 1 saturated heterocycles. The van der Waals surface area contributed by atoms with E-state index in [2.05, 4.69) is 13.8 Å². The second-order valence-electron chi connectivity index (χ2n) is 5.31. The molecule has 1 heterocycles. The zero-order chi connectivity index (χ0) is 14.3. The third-order valence-corrected chi connectivity index (χ3v) is 4.01. The summed E-state index contributed by atoms with van der Waals surface area (Å²) in [5, 5.41) is 0. The van der Waals surface area contributed by atoms with Crippen molar-refractivity contribution in [3.8, 4) is 0 Å². The fourth-order valence-electron chi connectivity index (χ4n) is 2.76. The molecule has 1 amide bonds. The summed E-state index contributed by atoms with van der Waals surface area (Å²) in [6, 6.07) is -0.359. The Balaban J connectivity index is 2.72. The topological polar surface area (TPSA) is 46.6 Å². The van der Waals surface area contributed by atoms with E-state index in [1.165, 1.54) is 7.11 Å². The van der Waals surface area contributed by atoms with E-state index in [9.17, 15) is 9.59 Å². The number of likely N-dealkylation sites (tertiary alicyclic amines) is 1. The fourth-order valence-corrected chi connectivity index (χ4v) is 2.76. The van der Waals surface area contributed by atoms with Gasteiger partial charge < -0.3 is 9.64 Å². The molecule has 1 fully saturated rings.